The number of nitrogens with zero attached hydrogens (tertiary/aromatic N) is 2. The average molecular weight is 529 g/mol. The zero-order chi connectivity index (χ0) is 21.2. The Morgan fingerprint density at radius 2 is 1.03 bits per heavy atom. The molecule has 0 aliphatic carbocycles. The van der Waals surface area contributed by atoms with Crippen molar-refractivity contribution in [3.63, 3.8) is 0 Å². The summed E-state index contributed by atoms with van der Waals surface area (Å²) in [4.78, 5) is 2.16. The third-order valence-corrected chi connectivity index (χ3v) is 6.05. The first-order valence-electron chi connectivity index (χ1n) is 11.5. The van der Waals surface area contributed by atoms with Gasteiger partial charge >= 0.3 is 0 Å². The summed E-state index contributed by atoms with van der Waals surface area (Å²) in [5, 5.41) is 0. The molecule has 0 N–H and O–H groups in total. The van der Waals surface area contributed by atoms with Gasteiger partial charge in [0.25, 0.3) is 0 Å². The van der Waals surface area contributed by atoms with Gasteiger partial charge in [-0.2, -0.15) is 0 Å². The number of quaternary nitrogens is 1. The van der Waals surface area contributed by atoms with Crippen LogP contribution in [0.3, 0.4) is 0 Å². The molecular formula is C28H37IN2. The van der Waals surface area contributed by atoms with Crippen LogP contribution in [-0.2, 0) is 0 Å². The molecule has 0 amide bonds. The normalized spacial score (nSPS) is 11.1. The van der Waals surface area contributed by atoms with E-state index in [2.05, 4.69) is 111 Å². The highest BCUT2D eigenvalue weighted by Gasteiger charge is 2.35. The Bertz CT molecular complexity index is 821. The Labute approximate surface area is 206 Å². The lowest BCUT2D eigenvalue weighted by Gasteiger charge is -2.38. The molecule has 0 saturated carbocycles. The number of unbranched alkanes of at least 4 members (excludes halogenated alkanes) is 5. The van der Waals surface area contributed by atoms with Crippen molar-refractivity contribution in [2.24, 2.45) is 0 Å². The van der Waals surface area contributed by atoms with E-state index in [-0.39, 0.29) is 24.0 Å². The first kappa shape index (κ1) is 25.4. The van der Waals surface area contributed by atoms with Gasteiger partial charge in [0.2, 0.25) is 0 Å². The van der Waals surface area contributed by atoms with Crippen LogP contribution >= 0.6 is 0 Å². The monoisotopic (exact) mass is 528 g/mol. The van der Waals surface area contributed by atoms with Gasteiger partial charge in [-0.15, -0.1) is 0 Å². The van der Waals surface area contributed by atoms with Gasteiger partial charge in [0, 0.05) is 31.9 Å². The standard InChI is InChI=1S/C28H37N2.HI/c1-4-5-6-7-8-15-24-30(26-16-11-9-12-17-26,27-18-13-10-14-19-27)28-22-20-25(21-23-28)29(2)3;/h9-14,16-23H,4-8,15,24H2,1-3H3;1H/q+1;/p-1. The first-order valence-corrected chi connectivity index (χ1v) is 11.5. The third-order valence-electron chi connectivity index (χ3n) is 6.05. The van der Waals surface area contributed by atoms with Crippen LogP contribution in [0.25, 0.3) is 0 Å². The molecule has 0 atom stereocenters. The predicted molar refractivity (Wildman–Crippen MR) is 133 cm³/mol. The van der Waals surface area contributed by atoms with E-state index in [0.29, 0.717) is 0 Å². The molecule has 3 aromatic carbocycles. The Kier molecular flexibility index (Phi) is 10.6. The maximum absolute atomic E-state index is 2.31. The van der Waals surface area contributed by atoms with Crippen molar-refractivity contribution in [3.05, 3.63) is 84.9 Å². The van der Waals surface area contributed by atoms with Gasteiger partial charge in [-0.25, -0.2) is 4.48 Å². The Morgan fingerprint density at radius 3 is 1.52 bits per heavy atom. The van der Waals surface area contributed by atoms with Crippen LogP contribution in [0.5, 0.6) is 0 Å². The molecule has 0 aromatic heterocycles. The molecule has 0 saturated heterocycles. The van der Waals surface area contributed by atoms with Gasteiger partial charge < -0.3 is 28.9 Å². The lowest BCUT2D eigenvalue weighted by atomic mass is 10.1. The minimum atomic E-state index is 0. The number of para-hydroxylation sites is 2. The third kappa shape index (κ3) is 6.33. The molecule has 0 fully saturated rings. The number of hydrogen-bond donors (Lipinski definition) is 0. The second kappa shape index (κ2) is 12.9. The van der Waals surface area contributed by atoms with E-state index in [9.17, 15) is 0 Å². The second-order valence-corrected chi connectivity index (χ2v) is 8.38. The highest BCUT2D eigenvalue weighted by Crippen LogP contribution is 2.44. The maximum Gasteiger partial charge on any atom is 0.143 e. The molecular weight excluding hydrogens is 491 g/mol. The summed E-state index contributed by atoms with van der Waals surface area (Å²) in [6.07, 6.45) is 7.83. The van der Waals surface area contributed by atoms with Crippen molar-refractivity contribution in [2.75, 3.05) is 25.5 Å². The van der Waals surface area contributed by atoms with Gasteiger partial charge in [-0.1, -0.05) is 69.0 Å². The van der Waals surface area contributed by atoms with Crippen molar-refractivity contribution >= 4 is 22.7 Å². The summed E-state index contributed by atoms with van der Waals surface area (Å²) in [7, 11) is 4.20. The SMILES string of the molecule is CCCCCCCC[N+](c1ccccc1)(c1ccccc1)c1ccc(N(C)C)cc1.[I-]. The summed E-state index contributed by atoms with van der Waals surface area (Å²) < 4.78 is 0.767. The van der Waals surface area contributed by atoms with E-state index in [1.165, 1.54) is 61.3 Å². The van der Waals surface area contributed by atoms with Crippen molar-refractivity contribution in [1.29, 1.82) is 0 Å². The van der Waals surface area contributed by atoms with E-state index in [0.717, 1.165) is 11.0 Å². The van der Waals surface area contributed by atoms with Crippen LogP contribution in [0, 0.1) is 0 Å². The van der Waals surface area contributed by atoms with E-state index in [1.807, 2.05) is 0 Å². The van der Waals surface area contributed by atoms with Crippen molar-refractivity contribution < 1.29 is 24.0 Å². The van der Waals surface area contributed by atoms with E-state index >= 15 is 0 Å². The average Bonchev–Trinajstić information content (AvgIpc) is 2.80. The number of hydrogen-bond acceptors (Lipinski definition) is 1. The molecule has 0 radical (unpaired) electrons. The summed E-state index contributed by atoms with van der Waals surface area (Å²) in [5.74, 6) is 0. The molecule has 0 unspecified atom stereocenters. The van der Waals surface area contributed by atoms with Crippen molar-refractivity contribution in [1.82, 2.24) is 4.48 Å². The number of benzene rings is 3. The molecule has 166 valence electrons. The molecule has 3 rings (SSSR count). The van der Waals surface area contributed by atoms with Crippen LogP contribution in [0.1, 0.15) is 45.4 Å². The fraction of sp³-hybridized carbons (Fsp3) is 0.357. The van der Waals surface area contributed by atoms with Crippen LogP contribution in [0.2, 0.25) is 0 Å². The first-order chi connectivity index (χ1) is 14.7. The Morgan fingerprint density at radius 1 is 0.581 bits per heavy atom. The molecule has 0 heterocycles. The molecule has 0 bridgehead atoms. The fourth-order valence-electron chi connectivity index (χ4n) is 4.33. The Balaban J connectivity index is 0.00000341. The zero-order valence-corrected chi connectivity index (χ0v) is 21.5. The second-order valence-electron chi connectivity index (χ2n) is 8.38. The largest absolute Gasteiger partial charge is 1.00 e. The zero-order valence-electron chi connectivity index (χ0n) is 19.3. The molecule has 0 aliphatic heterocycles. The minimum Gasteiger partial charge on any atom is -1.00 e. The van der Waals surface area contributed by atoms with Gasteiger partial charge in [0.05, 0.1) is 6.54 Å². The van der Waals surface area contributed by atoms with Crippen LogP contribution < -0.4 is 33.4 Å². The molecule has 2 nitrogen and oxygen atoms in total. The number of halogens is 1. The lowest BCUT2D eigenvalue weighted by Crippen LogP contribution is -3.00. The molecule has 0 aliphatic rings. The van der Waals surface area contributed by atoms with Crippen molar-refractivity contribution in [3.8, 4) is 0 Å². The fourth-order valence-corrected chi connectivity index (χ4v) is 4.33. The van der Waals surface area contributed by atoms with E-state index in [4.69, 9.17) is 0 Å². The highest BCUT2D eigenvalue weighted by atomic mass is 127. The lowest BCUT2D eigenvalue weighted by molar-refractivity contribution is -0.00000617. The minimum absolute atomic E-state index is 0. The smallest absolute Gasteiger partial charge is 0.143 e. The molecule has 31 heavy (non-hydrogen) atoms. The Hall–Kier alpha value is -1.85. The van der Waals surface area contributed by atoms with Gasteiger partial charge in [-0.3, -0.25) is 0 Å². The number of anilines is 1. The van der Waals surface area contributed by atoms with Crippen molar-refractivity contribution in [2.45, 2.75) is 45.4 Å². The summed E-state index contributed by atoms with van der Waals surface area (Å²) >= 11 is 0. The molecule has 3 aromatic rings. The quantitative estimate of drug-likeness (QED) is 0.191. The summed E-state index contributed by atoms with van der Waals surface area (Å²) in [5.41, 5.74) is 5.22. The molecule has 0 spiro atoms. The summed E-state index contributed by atoms with van der Waals surface area (Å²) in [6.45, 7) is 3.35. The topological polar surface area (TPSA) is 3.24 Å². The predicted octanol–water partition coefficient (Wildman–Crippen LogP) is 5.09. The van der Waals surface area contributed by atoms with Gasteiger partial charge in [0.1, 0.15) is 17.1 Å². The summed E-state index contributed by atoms with van der Waals surface area (Å²) in [6, 6.07) is 31.1. The van der Waals surface area contributed by atoms with Crippen LogP contribution in [0.15, 0.2) is 84.9 Å². The number of rotatable bonds is 11. The van der Waals surface area contributed by atoms with E-state index < -0.39 is 0 Å². The van der Waals surface area contributed by atoms with Crippen LogP contribution in [-0.4, -0.2) is 20.6 Å². The van der Waals surface area contributed by atoms with Gasteiger partial charge in [0.15, 0.2) is 0 Å². The van der Waals surface area contributed by atoms with Crippen LogP contribution in [0.4, 0.5) is 22.7 Å². The van der Waals surface area contributed by atoms with Gasteiger partial charge in [-0.05, 0) is 49.2 Å². The molecule has 3 heteroatoms. The highest BCUT2D eigenvalue weighted by molar-refractivity contribution is 5.72. The van der Waals surface area contributed by atoms with E-state index in [1.54, 1.807) is 0 Å². The maximum atomic E-state index is 2.31.